The molecule has 0 spiro atoms. The van der Waals surface area contributed by atoms with Gasteiger partial charge < -0.3 is 10.6 Å². The molecule has 0 fully saturated rings. The van der Waals surface area contributed by atoms with Crippen molar-refractivity contribution in [2.45, 2.75) is 25.8 Å². The molecule has 0 saturated heterocycles. The number of carbonyl (C=O) groups excluding carboxylic acids is 1. The Labute approximate surface area is 109 Å². The number of amides is 1. The molecule has 1 atom stereocenters. The summed E-state index contributed by atoms with van der Waals surface area (Å²) in [6, 6.07) is 10.5. The van der Waals surface area contributed by atoms with Crippen LogP contribution in [0.5, 0.6) is 0 Å². The lowest BCUT2D eigenvalue weighted by molar-refractivity contribution is -0.120. The van der Waals surface area contributed by atoms with Crippen LogP contribution >= 0.6 is 12.4 Å². The fourth-order valence-corrected chi connectivity index (χ4v) is 1.64. The van der Waals surface area contributed by atoms with E-state index in [2.05, 4.69) is 29.7 Å². The average molecular weight is 257 g/mol. The Morgan fingerprint density at radius 1 is 1.29 bits per heavy atom. The van der Waals surface area contributed by atoms with Crippen molar-refractivity contribution in [3.8, 4) is 0 Å². The van der Waals surface area contributed by atoms with Gasteiger partial charge in [0.05, 0.1) is 6.54 Å². The molecule has 17 heavy (non-hydrogen) atoms. The molecule has 3 nitrogen and oxygen atoms in total. The second-order valence-corrected chi connectivity index (χ2v) is 3.89. The highest BCUT2D eigenvalue weighted by molar-refractivity contribution is 5.85. The Kier molecular flexibility index (Phi) is 8.46. The van der Waals surface area contributed by atoms with Crippen LogP contribution in [-0.2, 0) is 11.2 Å². The number of rotatable bonds is 6. The van der Waals surface area contributed by atoms with Crippen molar-refractivity contribution in [1.82, 2.24) is 10.6 Å². The molecule has 4 heteroatoms. The molecule has 0 radical (unpaired) electrons. The number of hydrogen-bond acceptors (Lipinski definition) is 2. The first-order valence-corrected chi connectivity index (χ1v) is 5.74. The van der Waals surface area contributed by atoms with Crippen LogP contribution in [0.3, 0.4) is 0 Å². The smallest absolute Gasteiger partial charge is 0.234 e. The number of benzene rings is 1. The van der Waals surface area contributed by atoms with Crippen LogP contribution in [0.2, 0.25) is 0 Å². The monoisotopic (exact) mass is 256 g/mol. The maximum atomic E-state index is 11.4. The van der Waals surface area contributed by atoms with Crippen molar-refractivity contribution in [2.75, 3.05) is 13.6 Å². The Bertz CT molecular complexity index is 316. The Hall–Kier alpha value is -1.06. The van der Waals surface area contributed by atoms with Gasteiger partial charge in [-0.1, -0.05) is 37.3 Å². The summed E-state index contributed by atoms with van der Waals surface area (Å²) in [5.41, 5.74) is 1.26. The van der Waals surface area contributed by atoms with Gasteiger partial charge >= 0.3 is 0 Å². The predicted molar refractivity (Wildman–Crippen MR) is 73.5 cm³/mol. The number of carbonyl (C=O) groups is 1. The lowest BCUT2D eigenvalue weighted by Gasteiger charge is -2.16. The molecule has 2 N–H and O–H groups in total. The molecule has 0 saturated carbocycles. The van der Waals surface area contributed by atoms with Gasteiger partial charge in [-0.25, -0.2) is 0 Å². The van der Waals surface area contributed by atoms with E-state index < -0.39 is 0 Å². The summed E-state index contributed by atoms with van der Waals surface area (Å²) in [5.74, 6) is 0.0604. The van der Waals surface area contributed by atoms with E-state index in [4.69, 9.17) is 0 Å². The van der Waals surface area contributed by atoms with E-state index in [1.807, 2.05) is 18.2 Å². The van der Waals surface area contributed by atoms with Gasteiger partial charge in [0.1, 0.15) is 0 Å². The van der Waals surface area contributed by atoms with Gasteiger partial charge in [0.15, 0.2) is 0 Å². The second kappa shape index (κ2) is 9.02. The van der Waals surface area contributed by atoms with Crippen LogP contribution in [0.1, 0.15) is 18.9 Å². The molecule has 1 aromatic carbocycles. The molecule has 0 aromatic heterocycles. The first-order chi connectivity index (χ1) is 7.76. The number of likely N-dealkylation sites (N-methyl/N-ethyl adjacent to an activating group) is 1. The van der Waals surface area contributed by atoms with Crippen molar-refractivity contribution in [1.29, 1.82) is 0 Å². The largest absolute Gasteiger partial charge is 0.352 e. The Morgan fingerprint density at radius 2 is 1.94 bits per heavy atom. The van der Waals surface area contributed by atoms with Crippen LogP contribution in [0.15, 0.2) is 30.3 Å². The van der Waals surface area contributed by atoms with E-state index in [9.17, 15) is 4.79 Å². The van der Waals surface area contributed by atoms with Crippen LogP contribution in [-0.4, -0.2) is 25.5 Å². The number of halogens is 1. The van der Waals surface area contributed by atoms with E-state index >= 15 is 0 Å². The summed E-state index contributed by atoms with van der Waals surface area (Å²) in [7, 11) is 1.78. The standard InChI is InChI=1S/C13H20N2O.ClH/c1-3-12(15-13(16)10-14-2)9-11-7-5-4-6-8-11;/h4-8,12,14H,3,9-10H2,1-2H3,(H,15,16);1H. The number of hydrogen-bond donors (Lipinski definition) is 2. The van der Waals surface area contributed by atoms with Crippen molar-refractivity contribution >= 4 is 18.3 Å². The van der Waals surface area contributed by atoms with Crippen LogP contribution in [0.4, 0.5) is 0 Å². The third-order valence-electron chi connectivity index (χ3n) is 2.52. The van der Waals surface area contributed by atoms with Gasteiger partial charge in [-0.05, 0) is 25.5 Å². The van der Waals surface area contributed by atoms with Gasteiger partial charge in [-0.2, -0.15) is 0 Å². The molecular formula is C13H21ClN2O. The molecule has 1 amide bonds. The summed E-state index contributed by atoms with van der Waals surface area (Å²) < 4.78 is 0. The fourth-order valence-electron chi connectivity index (χ4n) is 1.64. The normalized spacial score (nSPS) is 11.4. The second-order valence-electron chi connectivity index (χ2n) is 3.89. The maximum Gasteiger partial charge on any atom is 0.234 e. The zero-order valence-corrected chi connectivity index (χ0v) is 11.2. The van der Waals surface area contributed by atoms with E-state index in [0.29, 0.717) is 6.54 Å². The Balaban J connectivity index is 0.00000256. The molecule has 0 heterocycles. The van der Waals surface area contributed by atoms with Gasteiger partial charge in [-0.3, -0.25) is 4.79 Å². The quantitative estimate of drug-likeness (QED) is 0.815. The first kappa shape index (κ1) is 15.9. The van der Waals surface area contributed by atoms with Crippen molar-refractivity contribution < 1.29 is 4.79 Å². The van der Waals surface area contributed by atoms with E-state index in [1.165, 1.54) is 5.56 Å². The SMILES string of the molecule is CCC(Cc1ccccc1)NC(=O)CNC.Cl. The third kappa shape index (κ3) is 6.29. The van der Waals surface area contributed by atoms with Crippen LogP contribution < -0.4 is 10.6 Å². The summed E-state index contributed by atoms with van der Waals surface area (Å²) in [6.45, 7) is 2.47. The molecule has 1 aromatic rings. The molecule has 1 rings (SSSR count). The Morgan fingerprint density at radius 3 is 2.47 bits per heavy atom. The van der Waals surface area contributed by atoms with Crippen LogP contribution in [0.25, 0.3) is 0 Å². The average Bonchev–Trinajstić information content (AvgIpc) is 2.30. The molecule has 0 aliphatic heterocycles. The van der Waals surface area contributed by atoms with Gasteiger partial charge in [0.2, 0.25) is 5.91 Å². The molecule has 0 aliphatic carbocycles. The van der Waals surface area contributed by atoms with Crippen molar-refractivity contribution in [3.05, 3.63) is 35.9 Å². The first-order valence-electron chi connectivity index (χ1n) is 5.74. The molecule has 96 valence electrons. The molecule has 0 aliphatic rings. The van der Waals surface area contributed by atoms with Crippen LogP contribution in [0, 0.1) is 0 Å². The topological polar surface area (TPSA) is 41.1 Å². The highest BCUT2D eigenvalue weighted by atomic mass is 35.5. The number of nitrogens with one attached hydrogen (secondary N) is 2. The third-order valence-corrected chi connectivity index (χ3v) is 2.52. The maximum absolute atomic E-state index is 11.4. The lowest BCUT2D eigenvalue weighted by Crippen LogP contribution is -2.40. The highest BCUT2D eigenvalue weighted by Gasteiger charge is 2.09. The summed E-state index contributed by atoms with van der Waals surface area (Å²) in [6.07, 6.45) is 1.84. The minimum Gasteiger partial charge on any atom is -0.352 e. The minimum absolute atomic E-state index is 0. The van der Waals surface area contributed by atoms with E-state index in [-0.39, 0.29) is 24.4 Å². The fraction of sp³-hybridized carbons (Fsp3) is 0.462. The lowest BCUT2D eigenvalue weighted by atomic mass is 10.0. The minimum atomic E-state index is 0. The summed E-state index contributed by atoms with van der Waals surface area (Å²) in [4.78, 5) is 11.4. The van der Waals surface area contributed by atoms with Gasteiger partial charge in [0.25, 0.3) is 0 Å². The van der Waals surface area contributed by atoms with Crippen molar-refractivity contribution in [3.63, 3.8) is 0 Å². The van der Waals surface area contributed by atoms with Gasteiger partial charge in [-0.15, -0.1) is 12.4 Å². The van der Waals surface area contributed by atoms with Gasteiger partial charge in [0, 0.05) is 6.04 Å². The highest BCUT2D eigenvalue weighted by Crippen LogP contribution is 2.05. The van der Waals surface area contributed by atoms with E-state index in [1.54, 1.807) is 7.05 Å². The zero-order chi connectivity index (χ0) is 11.8. The summed E-state index contributed by atoms with van der Waals surface area (Å²) in [5, 5.41) is 5.86. The van der Waals surface area contributed by atoms with Crippen molar-refractivity contribution in [2.24, 2.45) is 0 Å². The molecule has 0 bridgehead atoms. The zero-order valence-electron chi connectivity index (χ0n) is 10.4. The summed E-state index contributed by atoms with van der Waals surface area (Å²) >= 11 is 0. The molecule has 1 unspecified atom stereocenters. The van der Waals surface area contributed by atoms with E-state index in [0.717, 1.165) is 12.8 Å². The molecular weight excluding hydrogens is 236 g/mol. The predicted octanol–water partition coefficient (Wildman–Crippen LogP) is 1.77.